The predicted molar refractivity (Wildman–Crippen MR) is 45.4 cm³/mol. The van der Waals surface area contributed by atoms with Gasteiger partial charge in [0.05, 0.1) is 0 Å². The molecule has 1 fully saturated rings. The lowest BCUT2D eigenvalue weighted by molar-refractivity contribution is -0.118. The van der Waals surface area contributed by atoms with Gasteiger partial charge in [-0.2, -0.15) is 0 Å². The molecule has 0 atom stereocenters. The molecule has 0 aromatic heterocycles. The topological polar surface area (TPSA) is 43.1 Å². The maximum Gasteiger partial charge on any atom is 0.139 e. The number of hydrogen-bond donors (Lipinski definition) is 1. The van der Waals surface area contributed by atoms with E-state index in [1.165, 1.54) is 0 Å². The molecule has 1 aliphatic rings. The van der Waals surface area contributed by atoms with Gasteiger partial charge >= 0.3 is 0 Å². The normalized spacial score (nSPS) is 19.5. The standard InChI is InChI=1S/C8H12ClNO/c1-6(9)4-7(11)5-8(10)2-3-8/h1-5,10H2. The molecule has 0 spiro atoms. The van der Waals surface area contributed by atoms with Crippen molar-refractivity contribution in [3.63, 3.8) is 0 Å². The number of nitrogens with two attached hydrogens (primary N) is 1. The van der Waals surface area contributed by atoms with Crippen molar-refractivity contribution < 1.29 is 4.79 Å². The Hall–Kier alpha value is -0.340. The fourth-order valence-electron chi connectivity index (χ4n) is 1.01. The summed E-state index contributed by atoms with van der Waals surface area (Å²) in [6.45, 7) is 3.45. The van der Waals surface area contributed by atoms with Crippen LogP contribution < -0.4 is 5.73 Å². The number of carbonyl (C=O) groups is 1. The molecular weight excluding hydrogens is 162 g/mol. The van der Waals surface area contributed by atoms with E-state index in [1.54, 1.807) is 0 Å². The largest absolute Gasteiger partial charge is 0.325 e. The highest BCUT2D eigenvalue weighted by Crippen LogP contribution is 2.36. The summed E-state index contributed by atoms with van der Waals surface area (Å²) in [5.74, 6) is 0.102. The lowest BCUT2D eigenvalue weighted by Crippen LogP contribution is -2.25. The minimum absolute atomic E-state index is 0.102. The molecule has 1 aliphatic carbocycles. The summed E-state index contributed by atoms with van der Waals surface area (Å²) in [7, 11) is 0. The maximum absolute atomic E-state index is 11.1. The summed E-state index contributed by atoms with van der Waals surface area (Å²) in [5.41, 5.74) is 5.54. The molecular formula is C8H12ClNO. The quantitative estimate of drug-likeness (QED) is 0.702. The van der Waals surface area contributed by atoms with Crippen LogP contribution in [0.15, 0.2) is 11.6 Å². The second-order valence-electron chi connectivity index (χ2n) is 3.27. The highest BCUT2D eigenvalue weighted by Gasteiger charge is 2.39. The molecule has 0 aromatic carbocycles. The van der Waals surface area contributed by atoms with Crippen LogP contribution in [0.2, 0.25) is 0 Å². The summed E-state index contributed by atoms with van der Waals surface area (Å²) in [6, 6.07) is 0. The van der Waals surface area contributed by atoms with Gasteiger partial charge in [0.15, 0.2) is 0 Å². The number of hydrogen-bond acceptors (Lipinski definition) is 2. The molecule has 0 amide bonds. The minimum atomic E-state index is -0.191. The van der Waals surface area contributed by atoms with Crippen LogP contribution in [-0.4, -0.2) is 11.3 Å². The van der Waals surface area contributed by atoms with Crippen molar-refractivity contribution >= 4 is 17.4 Å². The third-order valence-electron chi connectivity index (χ3n) is 1.83. The number of allylic oxidation sites excluding steroid dienone is 1. The summed E-state index contributed by atoms with van der Waals surface area (Å²) >= 11 is 5.47. The summed E-state index contributed by atoms with van der Waals surface area (Å²) in [5, 5.41) is 0.402. The van der Waals surface area contributed by atoms with Crippen molar-refractivity contribution in [3.05, 3.63) is 11.6 Å². The molecule has 0 unspecified atom stereocenters. The Morgan fingerprint density at radius 1 is 1.64 bits per heavy atom. The SMILES string of the molecule is C=C(Cl)CC(=O)CC1(N)CC1. The summed E-state index contributed by atoms with van der Waals surface area (Å²) in [6.07, 6.45) is 2.65. The lowest BCUT2D eigenvalue weighted by Gasteiger charge is -2.05. The van der Waals surface area contributed by atoms with E-state index in [-0.39, 0.29) is 17.7 Å². The number of carbonyl (C=O) groups excluding carboxylic acids is 1. The molecule has 2 nitrogen and oxygen atoms in total. The van der Waals surface area contributed by atoms with Gasteiger partial charge in [-0.1, -0.05) is 18.2 Å². The summed E-state index contributed by atoms with van der Waals surface area (Å²) < 4.78 is 0. The van der Waals surface area contributed by atoms with Crippen LogP contribution >= 0.6 is 11.6 Å². The monoisotopic (exact) mass is 173 g/mol. The lowest BCUT2D eigenvalue weighted by atomic mass is 10.1. The number of ketones is 1. The average molecular weight is 174 g/mol. The molecule has 11 heavy (non-hydrogen) atoms. The molecule has 1 saturated carbocycles. The zero-order valence-corrected chi connectivity index (χ0v) is 7.16. The van der Waals surface area contributed by atoms with Crippen molar-refractivity contribution in [1.29, 1.82) is 0 Å². The van der Waals surface area contributed by atoms with Gasteiger partial charge in [0.1, 0.15) is 5.78 Å². The zero-order chi connectivity index (χ0) is 8.48. The van der Waals surface area contributed by atoms with Crippen LogP contribution in [0.1, 0.15) is 25.7 Å². The summed E-state index contributed by atoms with van der Waals surface area (Å²) in [4.78, 5) is 11.1. The van der Waals surface area contributed by atoms with Gasteiger partial charge < -0.3 is 5.73 Å². The first-order valence-electron chi connectivity index (χ1n) is 3.66. The number of rotatable bonds is 4. The van der Waals surface area contributed by atoms with Crippen LogP contribution in [0.5, 0.6) is 0 Å². The predicted octanol–water partition coefficient (Wildman–Crippen LogP) is 1.58. The molecule has 2 N–H and O–H groups in total. The van der Waals surface area contributed by atoms with Crippen molar-refractivity contribution in [1.82, 2.24) is 0 Å². The second-order valence-corrected chi connectivity index (χ2v) is 3.81. The van der Waals surface area contributed by atoms with Crippen molar-refractivity contribution in [2.45, 2.75) is 31.2 Å². The first-order chi connectivity index (χ1) is 5.02. The fraction of sp³-hybridized carbons (Fsp3) is 0.625. The number of halogens is 1. The third kappa shape index (κ3) is 3.04. The zero-order valence-electron chi connectivity index (χ0n) is 6.40. The van der Waals surface area contributed by atoms with Crippen molar-refractivity contribution in [2.75, 3.05) is 0 Å². The molecule has 0 aliphatic heterocycles. The van der Waals surface area contributed by atoms with E-state index in [2.05, 4.69) is 6.58 Å². The van der Waals surface area contributed by atoms with E-state index in [0.29, 0.717) is 11.5 Å². The van der Waals surface area contributed by atoms with Gasteiger partial charge in [-0.25, -0.2) is 0 Å². The number of Topliss-reactive ketones (excluding diaryl/α,β-unsaturated/α-hetero) is 1. The Labute approximate surface area is 71.4 Å². The van der Waals surface area contributed by atoms with E-state index in [0.717, 1.165) is 12.8 Å². The van der Waals surface area contributed by atoms with E-state index in [4.69, 9.17) is 17.3 Å². The van der Waals surface area contributed by atoms with Crippen LogP contribution in [-0.2, 0) is 4.79 Å². The highest BCUT2D eigenvalue weighted by molar-refractivity contribution is 6.30. The van der Waals surface area contributed by atoms with Crippen molar-refractivity contribution in [3.8, 4) is 0 Å². The Kier molecular flexibility index (Phi) is 2.35. The first-order valence-corrected chi connectivity index (χ1v) is 4.03. The molecule has 3 heteroatoms. The van der Waals surface area contributed by atoms with Gasteiger partial charge in [0.2, 0.25) is 0 Å². The third-order valence-corrected chi connectivity index (χ3v) is 1.96. The van der Waals surface area contributed by atoms with E-state index < -0.39 is 0 Å². The Bertz CT molecular complexity index is 196. The molecule has 0 bridgehead atoms. The Morgan fingerprint density at radius 3 is 2.55 bits per heavy atom. The Balaban J connectivity index is 2.26. The molecule has 0 aromatic rings. The molecule has 1 rings (SSSR count). The molecule has 62 valence electrons. The van der Waals surface area contributed by atoms with Crippen LogP contribution in [0, 0.1) is 0 Å². The van der Waals surface area contributed by atoms with Crippen LogP contribution in [0.4, 0.5) is 0 Å². The van der Waals surface area contributed by atoms with Gasteiger partial charge in [-0.05, 0) is 12.8 Å². The smallest absolute Gasteiger partial charge is 0.139 e. The van der Waals surface area contributed by atoms with E-state index >= 15 is 0 Å². The van der Waals surface area contributed by atoms with E-state index in [9.17, 15) is 4.79 Å². The molecule has 0 saturated heterocycles. The van der Waals surface area contributed by atoms with Gasteiger partial charge in [-0.15, -0.1) is 0 Å². The fourth-order valence-corrected chi connectivity index (χ4v) is 1.16. The highest BCUT2D eigenvalue weighted by atomic mass is 35.5. The minimum Gasteiger partial charge on any atom is -0.325 e. The average Bonchev–Trinajstić information content (AvgIpc) is 2.44. The van der Waals surface area contributed by atoms with Crippen LogP contribution in [0.25, 0.3) is 0 Å². The maximum atomic E-state index is 11.1. The van der Waals surface area contributed by atoms with Crippen molar-refractivity contribution in [2.24, 2.45) is 5.73 Å². The van der Waals surface area contributed by atoms with Crippen LogP contribution in [0.3, 0.4) is 0 Å². The second kappa shape index (κ2) is 2.95. The van der Waals surface area contributed by atoms with Gasteiger partial charge in [-0.3, -0.25) is 4.79 Å². The van der Waals surface area contributed by atoms with E-state index in [1.807, 2.05) is 0 Å². The molecule has 0 heterocycles. The van der Waals surface area contributed by atoms with Gasteiger partial charge in [0, 0.05) is 23.4 Å². The first kappa shape index (κ1) is 8.75. The van der Waals surface area contributed by atoms with Gasteiger partial charge in [0.25, 0.3) is 0 Å². The Morgan fingerprint density at radius 2 is 2.18 bits per heavy atom. The molecule has 0 radical (unpaired) electrons.